The Morgan fingerprint density at radius 1 is 1.14 bits per heavy atom. The molecule has 2 heteroatoms. The fraction of sp³-hybridized carbons (Fsp3) is 0.579. The second kappa shape index (κ2) is 11.4. The van der Waals surface area contributed by atoms with E-state index in [0.29, 0.717) is 19.1 Å². The number of hydrogen-bond donors (Lipinski definition) is 1. The lowest BCUT2D eigenvalue weighted by molar-refractivity contribution is 0.0459. The topological polar surface area (TPSA) is 29.5 Å². The normalized spacial score (nSPS) is 11.8. The maximum absolute atomic E-state index is 8.68. The van der Waals surface area contributed by atoms with Crippen molar-refractivity contribution in [3.05, 3.63) is 35.4 Å². The molecule has 1 unspecified atom stereocenters. The van der Waals surface area contributed by atoms with Crippen molar-refractivity contribution >= 4 is 0 Å². The maximum Gasteiger partial charge on any atom is 0.0720 e. The highest BCUT2D eigenvalue weighted by atomic mass is 16.5. The first-order chi connectivity index (χ1) is 10.3. The van der Waals surface area contributed by atoms with Gasteiger partial charge in [0.2, 0.25) is 0 Å². The van der Waals surface area contributed by atoms with Crippen molar-refractivity contribution in [1.29, 1.82) is 0 Å². The lowest BCUT2D eigenvalue weighted by Crippen LogP contribution is -2.07. The number of benzene rings is 1. The Morgan fingerprint density at radius 2 is 1.90 bits per heavy atom. The molecule has 0 aliphatic carbocycles. The minimum atomic E-state index is 0.120. The number of ether oxygens (including phenoxy) is 1. The molecule has 0 aromatic heterocycles. The van der Waals surface area contributed by atoms with Crippen LogP contribution in [-0.2, 0) is 11.3 Å². The van der Waals surface area contributed by atoms with Crippen LogP contribution >= 0.6 is 0 Å². The van der Waals surface area contributed by atoms with Crippen LogP contribution < -0.4 is 0 Å². The first kappa shape index (κ1) is 17.8. The molecule has 0 amide bonds. The zero-order valence-corrected chi connectivity index (χ0v) is 13.4. The summed E-state index contributed by atoms with van der Waals surface area (Å²) in [4.78, 5) is 0. The van der Waals surface area contributed by atoms with Crippen molar-refractivity contribution in [2.24, 2.45) is 0 Å². The van der Waals surface area contributed by atoms with E-state index in [-0.39, 0.29) is 6.61 Å². The molecule has 2 nitrogen and oxygen atoms in total. The largest absolute Gasteiger partial charge is 0.395 e. The summed E-state index contributed by atoms with van der Waals surface area (Å²) in [7, 11) is 0. The van der Waals surface area contributed by atoms with E-state index >= 15 is 0 Å². The van der Waals surface area contributed by atoms with Gasteiger partial charge in [0.25, 0.3) is 0 Å². The van der Waals surface area contributed by atoms with E-state index in [1.165, 1.54) is 31.2 Å². The van der Waals surface area contributed by atoms with Crippen molar-refractivity contribution in [3.8, 4) is 11.8 Å². The highest BCUT2D eigenvalue weighted by molar-refractivity contribution is 5.35. The molecular formula is C19H28O2. The predicted octanol–water partition coefficient (Wildman–Crippen LogP) is 4.30. The highest BCUT2D eigenvalue weighted by Crippen LogP contribution is 2.11. The molecule has 1 atom stereocenters. The van der Waals surface area contributed by atoms with Gasteiger partial charge in [0.05, 0.1) is 19.3 Å². The molecule has 0 radical (unpaired) electrons. The summed E-state index contributed by atoms with van der Waals surface area (Å²) in [5.74, 6) is 5.95. The van der Waals surface area contributed by atoms with Crippen LogP contribution in [0.1, 0.15) is 63.5 Å². The Balaban J connectivity index is 2.27. The van der Waals surface area contributed by atoms with Gasteiger partial charge >= 0.3 is 0 Å². The van der Waals surface area contributed by atoms with Crippen molar-refractivity contribution in [2.45, 2.75) is 65.1 Å². The van der Waals surface area contributed by atoms with Crippen molar-refractivity contribution in [2.75, 3.05) is 6.61 Å². The van der Waals surface area contributed by atoms with E-state index in [4.69, 9.17) is 9.84 Å². The first-order valence-electron chi connectivity index (χ1n) is 8.06. The van der Waals surface area contributed by atoms with Crippen LogP contribution in [0.4, 0.5) is 0 Å². The summed E-state index contributed by atoms with van der Waals surface area (Å²) in [6.07, 6.45) is 7.17. The number of aliphatic hydroxyl groups is 1. The van der Waals surface area contributed by atoms with Crippen LogP contribution in [0.3, 0.4) is 0 Å². The summed E-state index contributed by atoms with van der Waals surface area (Å²) in [6.45, 7) is 5.17. The lowest BCUT2D eigenvalue weighted by atomic mass is 10.1. The molecule has 0 saturated carbocycles. The lowest BCUT2D eigenvalue weighted by Gasteiger charge is -2.13. The highest BCUT2D eigenvalue weighted by Gasteiger charge is 2.02. The van der Waals surface area contributed by atoms with E-state index in [1.807, 2.05) is 12.1 Å². The zero-order valence-electron chi connectivity index (χ0n) is 13.4. The average molecular weight is 288 g/mol. The second-order valence-electron chi connectivity index (χ2n) is 5.44. The Kier molecular flexibility index (Phi) is 9.61. The molecule has 21 heavy (non-hydrogen) atoms. The van der Waals surface area contributed by atoms with Gasteiger partial charge in [-0.3, -0.25) is 0 Å². The zero-order chi connectivity index (χ0) is 15.3. The Labute approximate surface area is 129 Å². The van der Waals surface area contributed by atoms with Gasteiger partial charge in [0, 0.05) is 12.0 Å². The van der Waals surface area contributed by atoms with Crippen LogP contribution in [0.15, 0.2) is 24.3 Å². The number of aliphatic hydroxyl groups excluding tert-OH is 1. The van der Waals surface area contributed by atoms with Crippen LogP contribution in [0.25, 0.3) is 0 Å². The van der Waals surface area contributed by atoms with E-state index in [9.17, 15) is 0 Å². The monoisotopic (exact) mass is 288 g/mol. The van der Waals surface area contributed by atoms with Crippen molar-refractivity contribution in [3.63, 3.8) is 0 Å². The fourth-order valence-electron chi connectivity index (χ4n) is 2.09. The third kappa shape index (κ3) is 8.55. The Hall–Kier alpha value is -1.30. The molecule has 1 N–H and O–H groups in total. The van der Waals surface area contributed by atoms with Gasteiger partial charge in [-0.2, -0.15) is 0 Å². The third-order valence-electron chi connectivity index (χ3n) is 3.42. The minimum absolute atomic E-state index is 0.120. The van der Waals surface area contributed by atoms with Crippen molar-refractivity contribution < 1.29 is 9.84 Å². The third-order valence-corrected chi connectivity index (χ3v) is 3.42. The van der Waals surface area contributed by atoms with Gasteiger partial charge in [-0.15, -0.1) is 0 Å². The predicted molar refractivity (Wildman–Crippen MR) is 88.0 cm³/mol. The number of unbranched alkanes of at least 4 members (excludes halogenated alkanes) is 3. The minimum Gasteiger partial charge on any atom is -0.395 e. The average Bonchev–Trinajstić information content (AvgIpc) is 2.51. The molecule has 0 fully saturated rings. The standard InChI is InChI=1S/C19H28O2/c1-3-4-5-6-9-17(2)21-16-19-13-11-18(12-14-19)10-7-8-15-20/h11-14,17,20H,3-6,8-9,15-16H2,1-2H3. The van der Waals surface area contributed by atoms with Crippen LogP contribution in [0, 0.1) is 11.8 Å². The van der Waals surface area contributed by atoms with Gasteiger partial charge in [0.1, 0.15) is 0 Å². The fourth-order valence-corrected chi connectivity index (χ4v) is 2.09. The van der Waals surface area contributed by atoms with Gasteiger partial charge in [0.15, 0.2) is 0 Å². The van der Waals surface area contributed by atoms with Crippen LogP contribution in [-0.4, -0.2) is 17.8 Å². The van der Waals surface area contributed by atoms with Crippen LogP contribution in [0.2, 0.25) is 0 Å². The second-order valence-corrected chi connectivity index (χ2v) is 5.44. The molecule has 116 valence electrons. The number of hydrogen-bond acceptors (Lipinski definition) is 2. The summed E-state index contributed by atoms with van der Waals surface area (Å²) in [6, 6.07) is 8.14. The maximum atomic E-state index is 8.68. The molecule has 1 rings (SSSR count). The molecule has 0 heterocycles. The summed E-state index contributed by atoms with van der Waals surface area (Å²) < 4.78 is 5.88. The summed E-state index contributed by atoms with van der Waals surface area (Å²) >= 11 is 0. The summed E-state index contributed by atoms with van der Waals surface area (Å²) in [5.41, 5.74) is 2.17. The van der Waals surface area contributed by atoms with Gasteiger partial charge in [-0.25, -0.2) is 0 Å². The molecule has 0 spiro atoms. The molecule has 0 saturated heterocycles. The Bertz CT molecular complexity index is 425. The molecule has 1 aromatic carbocycles. The van der Waals surface area contributed by atoms with E-state index in [2.05, 4.69) is 37.8 Å². The Morgan fingerprint density at radius 3 is 2.57 bits per heavy atom. The van der Waals surface area contributed by atoms with E-state index in [0.717, 1.165) is 12.0 Å². The first-order valence-corrected chi connectivity index (χ1v) is 8.06. The van der Waals surface area contributed by atoms with Crippen molar-refractivity contribution in [1.82, 2.24) is 0 Å². The van der Waals surface area contributed by atoms with E-state index in [1.54, 1.807) is 0 Å². The van der Waals surface area contributed by atoms with E-state index < -0.39 is 0 Å². The van der Waals surface area contributed by atoms with Gasteiger partial charge in [-0.1, -0.05) is 56.6 Å². The molecule has 0 aliphatic rings. The van der Waals surface area contributed by atoms with Crippen LogP contribution in [0.5, 0.6) is 0 Å². The molecule has 1 aromatic rings. The molecule has 0 bridgehead atoms. The molecule has 0 aliphatic heterocycles. The SMILES string of the molecule is CCCCCCC(C)OCc1ccc(C#CCCO)cc1. The van der Waals surface area contributed by atoms with Gasteiger partial charge < -0.3 is 9.84 Å². The number of rotatable bonds is 9. The van der Waals surface area contributed by atoms with Gasteiger partial charge in [-0.05, 0) is 31.0 Å². The quantitative estimate of drug-likeness (QED) is 0.542. The smallest absolute Gasteiger partial charge is 0.0720 e. The summed E-state index contributed by atoms with van der Waals surface area (Å²) in [5, 5.41) is 8.68. The molecular weight excluding hydrogens is 260 g/mol.